The molecule has 0 saturated carbocycles. The largest absolute Gasteiger partial charge is 0.496 e. The highest BCUT2D eigenvalue weighted by atomic mass is 35.5. The minimum atomic E-state index is -0.558. The van der Waals surface area contributed by atoms with Crippen LogP contribution in [0.4, 0.5) is 5.69 Å². The molecule has 0 N–H and O–H groups in total. The third-order valence-corrected chi connectivity index (χ3v) is 7.66. The first-order valence-corrected chi connectivity index (χ1v) is 15.8. The standard InChI is InChI=1S/C37H42ClNO6/c1-6-23-39(24-22-38)28-14-10-26(11-15-28)8-7-9-35(41)44-34-25-27(13-18-33(34)43-5)12-17-31(40)29-16-19-32(42-4)30-20-21-37(2,3)45-36(29)30/h10-21,25H,6-9,22-24H2,1-5H3. The molecule has 0 unspecified atom stereocenters. The minimum Gasteiger partial charge on any atom is -0.496 e. The fraction of sp³-hybridized carbons (Fsp3) is 0.351. The van der Waals surface area contributed by atoms with Crippen LogP contribution in [0, 0.1) is 0 Å². The van der Waals surface area contributed by atoms with Gasteiger partial charge in [0.15, 0.2) is 17.3 Å². The lowest BCUT2D eigenvalue weighted by Crippen LogP contribution is -2.28. The maximum Gasteiger partial charge on any atom is 0.311 e. The van der Waals surface area contributed by atoms with Crippen molar-refractivity contribution in [2.24, 2.45) is 0 Å². The zero-order chi connectivity index (χ0) is 32.4. The molecule has 4 rings (SSSR count). The van der Waals surface area contributed by atoms with E-state index in [2.05, 4.69) is 36.1 Å². The molecule has 7 nitrogen and oxygen atoms in total. The summed E-state index contributed by atoms with van der Waals surface area (Å²) in [6.07, 6.45) is 9.73. The Morgan fingerprint density at radius 3 is 2.38 bits per heavy atom. The lowest BCUT2D eigenvalue weighted by molar-refractivity contribution is -0.134. The summed E-state index contributed by atoms with van der Waals surface area (Å²) in [6.45, 7) is 7.79. The van der Waals surface area contributed by atoms with Crippen molar-refractivity contribution in [2.45, 2.75) is 52.1 Å². The summed E-state index contributed by atoms with van der Waals surface area (Å²) in [4.78, 5) is 28.3. The van der Waals surface area contributed by atoms with Crippen LogP contribution in [0.5, 0.6) is 23.0 Å². The Balaban J connectivity index is 1.38. The van der Waals surface area contributed by atoms with Crippen LogP contribution < -0.4 is 23.8 Å². The molecule has 8 heteroatoms. The van der Waals surface area contributed by atoms with E-state index >= 15 is 0 Å². The summed E-state index contributed by atoms with van der Waals surface area (Å²) >= 11 is 5.97. The molecule has 1 aliphatic heterocycles. The monoisotopic (exact) mass is 631 g/mol. The smallest absolute Gasteiger partial charge is 0.311 e. The summed E-state index contributed by atoms with van der Waals surface area (Å²) < 4.78 is 22.7. The number of benzene rings is 3. The average Bonchev–Trinajstić information content (AvgIpc) is 3.03. The van der Waals surface area contributed by atoms with Crippen LogP contribution >= 0.6 is 11.6 Å². The normalized spacial score (nSPS) is 13.2. The second-order valence-corrected chi connectivity index (χ2v) is 11.8. The van der Waals surface area contributed by atoms with Gasteiger partial charge in [-0.25, -0.2) is 0 Å². The molecule has 238 valence electrons. The highest BCUT2D eigenvalue weighted by molar-refractivity contribution is 6.18. The Kier molecular flexibility index (Phi) is 11.7. The van der Waals surface area contributed by atoms with Crippen molar-refractivity contribution in [3.05, 3.63) is 89.0 Å². The average molecular weight is 632 g/mol. The van der Waals surface area contributed by atoms with Gasteiger partial charge in [0.25, 0.3) is 0 Å². The third kappa shape index (κ3) is 8.92. The Labute approximate surface area is 271 Å². The molecule has 0 bridgehead atoms. The van der Waals surface area contributed by atoms with Crippen molar-refractivity contribution in [3.63, 3.8) is 0 Å². The summed E-state index contributed by atoms with van der Waals surface area (Å²) in [6, 6.07) is 17.1. The quantitative estimate of drug-likeness (QED) is 0.0551. The summed E-state index contributed by atoms with van der Waals surface area (Å²) in [5, 5.41) is 0. The number of halogens is 1. The fourth-order valence-corrected chi connectivity index (χ4v) is 5.37. The number of rotatable bonds is 15. The molecule has 1 aliphatic rings. The highest BCUT2D eigenvalue weighted by Crippen LogP contribution is 2.40. The van der Waals surface area contributed by atoms with E-state index in [0.29, 0.717) is 46.4 Å². The molecule has 3 aromatic rings. The molecule has 0 fully saturated rings. The van der Waals surface area contributed by atoms with E-state index in [1.165, 1.54) is 13.2 Å². The molecule has 0 amide bonds. The summed E-state index contributed by atoms with van der Waals surface area (Å²) in [5.74, 6) is 1.87. The van der Waals surface area contributed by atoms with E-state index in [-0.39, 0.29) is 18.2 Å². The van der Waals surface area contributed by atoms with Crippen molar-refractivity contribution >= 4 is 41.2 Å². The van der Waals surface area contributed by atoms with Gasteiger partial charge in [-0.15, -0.1) is 11.6 Å². The number of nitrogens with zero attached hydrogens (tertiary/aromatic N) is 1. The SMILES string of the molecule is CCCN(CCCl)c1ccc(CCCC(=O)Oc2cc(C=CC(=O)c3ccc(OC)c4c3OC(C)(C)C=C4)ccc2OC)cc1. The van der Waals surface area contributed by atoms with Gasteiger partial charge in [-0.2, -0.15) is 0 Å². The number of hydrogen-bond acceptors (Lipinski definition) is 7. The summed E-state index contributed by atoms with van der Waals surface area (Å²) in [5.41, 5.74) is 3.60. The maximum atomic E-state index is 13.3. The van der Waals surface area contributed by atoms with Crippen molar-refractivity contribution in [3.8, 4) is 23.0 Å². The molecule has 0 radical (unpaired) electrons. The Hall–Kier alpha value is -4.23. The molecule has 0 spiro atoms. The molecule has 0 aliphatic carbocycles. The second kappa shape index (κ2) is 15.7. The molecular weight excluding hydrogens is 590 g/mol. The van der Waals surface area contributed by atoms with Crippen LogP contribution in [0.1, 0.15) is 67.1 Å². The zero-order valence-electron chi connectivity index (χ0n) is 26.7. The lowest BCUT2D eigenvalue weighted by Gasteiger charge is -2.29. The predicted molar refractivity (Wildman–Crippen MR) is 181 cm³/mol. The molecule has 45 heavy (non-hydrogen) atoms. The van der Waals surface area contributed by atoms with Crippen LogP contribution in [0.2, 0.25) is 0 Å². The number of allylic oxidation sites excluding steroid dienone is 1. The van der Waals surface area contributed by atoms with Gasteiger partial charge in [0.05, 0.1) is 25.3 Å². The first-order valence-electron chi connectivity index (χ1n) is 15.3. The number of anilines is 1. The van der Waals surface area contributed by atoms with Crippen LogP contribution in [-0.2, 0) is 11.2 Å². The van der Waals surface area contributed by atoms with Gasteiger partial charge in [-0.3, -0.25) is 9.59 Å². The number of ether oxygens (including phenoxy) is 4. The molecule has 0 atom stereocenters. The van der Waals surface area contributed by atoms with Crippen molar-refractivity contribution in [1.82, 2.24) is 0 Å². The van der Waals surface area contributed by atoms with Gasteiger partial charge in [0.1, 0.15) is 17.1 Å². The Morgan fingerprint density at radius 1 is 0.956 bits per heavy atom. The number of aryl methyl sites for hydroxylation is 1. The lowest BCUT2D eigenvalue weighted by atomic mass is 9.97. The number of ketones is 1. The van der Waals surface area contributed by atoms with Crippen molar-refractivity contribution < 1.29 is 28.5 Å². The number of carbonyl (C=O) groups excluding carboxylic acids is 2. The highest BCUT2D eigenvalue weighted by Gasteiger charge is 2.27. The van der Waals surface area contributed by atoms with E-state index in [1.54, 1.807) is 43.5 Å². The van der Waals surface area contributed by atoms with Gasteiger partial charge in [-0.1, -0.05) is 31.2 Å². The van der Waals surface area contributed by atoms with Crippen LogP contribution in [0.15, 0.2) is 66.7 Å². The van der Waals surface area contributed by atoms with Gasteiger partial charge in [0.2, 0.25) is 0 Å². The van der Waals surface area contributed by atoms with Gasteiger partial charge in [0, 0.05) is 31.1 Å². The molecule has 3 aromatic carbocycles. The van der Waals surface area contributed by atoms with Gasteiger partial charge < -0.3 is 23.8 Å². The van der Waals surface area contributed by atoms with E-state index in [1.807, 2.05) is 26.0 Å². The Morgan fingerprint density at radius 2 is 1.69 bits per heavy atom. The minimum absolute atomic E-state index is 0.223. The maximum absolute atomic E-state index is 13.3. The fourth-order valence-electron chi connectivity index (χ4n) is 5.17. The number of fused-ring (bicyclic) bond motifs is 1. The number of alkyl halides is 1. The molecular formula is C37H42ClNO6. The zero-order valence-corrected chi connectivity index (χ0v) is 27.5. The second-order valence-electron chi connectivity index (χ2n) is 11.4. The summed E-state index contributed by atoms with van der Waals surface area (Å²) in [7, 11) is 3.11. The van der Waals surface area contributed by atoms with Gasteiger partial charge >= 0.3 is 5.97 Å². The number of esters is 1. The Bertz CT molecular complexity index is 1540. The molecule has 0 saturated heterocycles. The topological polar surface area (TPSA) is 74.3 Å². The van der Waals surface area contributed by atoms with Crippen LogP contribution in [-0.4, -0.2) is 50.5 Å². The molecule has 1 heterocycles. The first-order chi connectivity index (χ1) is 21.7. The van der Waals surface area contributed by atoms with E-state index in [9.17, 15) is 9.59 Å². The van der Waals surface area contributed by atoms with E-state index < -0.39 is 5.60 Å². The predicted octanol–water partition coefficient (Wildman–Crippen LogP) is 8.17. The van der Waals surface area contributed by atoms with E-state index in [4.69, 9.17) is 30.5 Å². The first kappa shape index (κ1) is 33.7. The van der Waals surface area contributed by atoms with Crippen molar-refractivity contribution in [2.75, 3.05) is 38.1 Å². The van der Waals surface area contributed by atoms with Crippen LogP contribution in [0.3, 0.4) is 0 Å². The number of hydrogen-bond donors (Lipinski definition) is 0. The third-order valence-electron chi connectivity index (χ3n) is 7.49. The van der Waals surface area contributed by atoms with Gasteiger partial charge in [-0.05, 0) is 98.9 Å². The van der Waals surface area contributed by atoms with E-state index in [0.717, 1.165) is 42.7 Å². The van der Waals surface area contributed by atoms with Crippen LogP contribution in [0.25, 0.3) is 12.2 Å². The number of carbonyl (C=O) groups is 2. The molecule has 0 aromatic heterocycles. The number of methoxy groups -OCH3 is 2. The van der Waals surface area contributed by atoms with Crippen molar-refractivity contribution in [1.29, 1.82) is 0 Å².